The van der Waals surface area contributed by atoms with Gasteiger partial charge >= 0.3 is 0 Å². The molecule has 3 aromatic rings. The Morgan fingerprint density at radius 2 is 2.00 bits per heavy atom. The van der Waals surface area contributed by atoms with E-state index in [4.69, 9.17) is 5.73 Å². The molecule has 0 atom stereocenters. The van der Waals surface area contributed by atoms with E-state index in [2.05, 4.69) is 20.6 Å². The third-order valence-corrected chi connectivity index (χ3v) is 4.01. The quantitative estimate of drug-likeness (QED) is 0.637. The van der Waals surface area contributed by atoms with Crippen molar-refractivity contribution < 1.29 is 13.9 Å². The van der Waals surface area contributed by atoms with Crippen LogP contribution in [0.4, 0.5) is 14.6 Å². The molecule has 0 amide bonds. The van der Waals surface area contributed by atoms with E-state index >= 15 is 0 Å². The number of nitrogens with two attached hydrogens (primary N) is 1. The van der Waals surface area contributed by atoms with E-state index in [0.29, 0.717) is 23.4 Å². The number of phenols is 1. The lowest BCUT2D eigenvalue weighted by Gasteiger charge is -2.21. The number of aromatic hydroxyl groups is 1. The fraction of sp³-hybridized carbons (Fsp3) is 0.278. The van der Waals surface area contributed by atoms with Gasteiger partial charge in [-0.1, -0.05) is 12.1 Å². The van der Waals surface area contributed by atoms with Gasteiger partial charge in [0.05, 0.1) is 12.2 Å². The number of para-hydroxylation sites is 1. The van der Waals surface area contributed by atoms with Crippen LogP contribution in [0.1, 0.15) is 12.8 Å². The first kappa shape index (κ1) is 18.7. The van der Waals surface area contributed by atoms with E-state index in [1.165, 1.54) is 0 Å². The number of hydrogen-bond acceptors (Lipinski definition) is 6. The van der Waals surface area contributed by atoms with Gasteiger partial charge in [-0.25, -0.2) is 13.5 Å². The highest BCUT2D eigenvalue weighted by molar-refractivity contribution is 5.69. The summed E-state index contributed by atoms with van der Waals surface area (Å²) in [6, 6.07) is 10.5. The number of nitrogens with one attached hydrogen (secondary N) is 1. The largest absolute Gasteiger partial charge is 0.507 e. The number of hydrogen-bond donors (Lipinski definition) is 3. The summed E-state index contributed by atoms with van der Waals surface area (Å²) >= 11 is 0. The van der Waals surface area contributed by atoms with Crippen molar-refractivity contribution in [1.29, 1.82) is 0 Å². The molecule has 1 aromatic carbocycles. The smallest absolute Gasteiger partial charge is 0.260 e. The molecule has 3 heterocycles. The molecule has 1 fully saturated rings. The van der Waals surface area contributed by atoms with Gasteiger partial charge in [-0.2, -0.15) is 5.10 Å². The molecule has 4 N–H and O–H groups in total. The second-order valence-corrected chi connectivity index (χ2v) is 6.10. The Hall–Kier alpha value is -3.07. The fourth-order valence-electron chi connectivity index (χ4n) is 2.64. The standard InChI is InChI=1S/C13H11N5O.C5H9F2N/c14-13-11(18-7-3-6-15-18)8-10(16-17-13)9-4-1-2-5-12(9)19;6-5(7)2-1-3-8-4-5/h1-8,19H,(H2,14,17);8H,1-4H2. The first-order valence-corrected chi connectivity index (χ1v) is 8.46. The molecule has 1 aliphatic rings. The molecule has 1 saturated heterocycles. The molecule has 27 heavy (non-hydrogen) atoms. The predicted octanol–water partition coefficient (Wildman–Crippen LogP) is 2.62. The van der Waals surface area contributed by atoms with Crippen molar-refractivity contribution in [3.63, 3.8) is 0 Å². The van der Waals surface area contributed by atoms with E-state index in [1.807, 2.05) is 6.07 Å². The average Bonchev–Trinajstić information content (AvgIpc) is 3.18. The Labute approximate surface area is 154 Å². The molecule has 0 spiro atoms. The van der Waals surface area contributed by atoms with E-state index in [-0.39, 0.29) is 24.5 Å². The van der Waals surface area contributed by atoms with Crippen molar-refractivity contribution in [1.82, 2.24) is 25.3 Å². The molecule has 0 bridgehead atoms. The van der Waals surface area contributed by atoms with Crippen molar-refractivity contribution in [2.24, 2.45) is 0 Å². The lowest BCUT2D eigenvalue weighted by molar-refractivity contribution is -0.0208. The first-order valence-electron chi connectivity index (χ1n) is 8.46. The van der Waals surface area contributed by atoms with Crippen molar-refractivity contribution >= 4 is 5.82 Å². The number of alkyl halides is 2. The molecule has 9 heteroatoms. The summed E-state index contributed by atoms with van der Waals surface area (Å²) in [7, 11) is 0. The Kier molecular flexibility index (Phi) is 5.60. The number of benzene rings is 1. The molecule has 0 unspecified atom stereocenters. The Bertz CT molecular complexity index is 877. The van der Waals surface area contributed by atoms with Crippen LogP contribution in [0.2, 0.25) is 0 Å². The number of nitrogen functional groups attached to an aromatic ring is 1. The van der Waals surface area contributed by atoms with Crippen molar-refractivity contribution in [2.45, 2.75) is 18.8 Å². The highest BCUT2D eigenvalue weighted by Gasteiger charge is 2.30. The minimum atomic E-state index is -2.43. The maximum Gasteiger partial charge on any atom is 0.260 e. The van der Waals surface area contributed by atoms with Gasteiger partial charge in [0.15, 0.2) is 5.82 Å². The van der Waals surface area contributed by atoms with Crippen molar-refractivity contribution in [3.8, 4) is 22.7 Å². The molecular weight excluding hydrogens is 354 g/mol. The van der Waals surface area contributed by atoms with Gasteiger partial charge in [-0.15, -0.1) is 10.2 Å². The number of halogens is 2. The van der Waals surface area contributed by atoms with Gasteiger partial charge in [0.25, 0.3) is 5.92 Å². The summed E-state index contributed by atoms with van der Waals surface area (Å²) in [5.74, 6) is -2.01. The highest BCUT2D eigenvalue weighted by atomic mass is 19.3. The van der Waals surface area contributed by atoms with Crippen LogP contribution in [0.3, 0.4) is 0 Å². The van der Waals surface area contributed by atoms with E-state index in [0.717, 1.165) is 6.54 Å². The van der Waals surface area contributed by atoms with E-state index in [1.54, 1.807) is 47.4 Å². The summed E-state index contributed by atoms with van der Waals surface area (Å²) in [5.41, 5.74) is 7.56. The third-order valence-electron chi connectivity index (χ3n) is 4.01. The number of nitrogens with zero attached hydrogens (tertiary/aromatic N) is 4. The summed E-state index contributed by atoms with van der Waals surface area (Å²) < 4.78 is 25.9. The van der Waals surface area contributed by atoms with Crippen LogP contribution in [0.15, 0.2) is 48.8 Å². The predicted molar refractivity (Wildman–Crippen MR) is 97.7 cm³/mol. The van der Waals surface area contributed by atoms with Crippen molar-refractivity contribution in [3.05, 3.63) is 48.8 Å². The fourth-order valence-corrected chi connectivity index (χ4v) is 2.64. The van der Waals surface area contributed by atoms with Crippen LogP contribution in [0.5, 0.6) is 5.75 Å². The maximum atomic E-state index is 12.1. The molecule has 2 aromatic heterocycles. The molecule has 0 radical (unpaired) electrons. The van der Waals surface area contributed by atoms with Gasteiger partial charge in [-0.05, 0) is 37.2 Å². The van der Waals surface area contributed by atoms with Gasteiger partial charge in [0, 0.05) is 24.4 Å². The van der Waals surface area contributed by atoms with Gasteiger partial charge < -0.3 is 16.2 Å². The van der Waals surface area contributed by atoms with Gasteiger partial charge in [0.2, 0.25) is 0 Å². The minimum absolute atomic E-state index is 0.0556. The highest BCUT2D eigenvalue weighted by Crippen LogP contribution is 2.28. The van der Waals surface area contributed by atoms with E-state index in [9.17, 15) is 13.9 Å². The van der Waals surface area contributed by atoms with Crippen LogP contribution in [0.25, 0.3) is 16.9 Å². The summed E-state index contributed by atoms with van der Waals surface area (Å²) in [6.45, 7) is 0.614. The SMILES string of the molecule is FC1(F)CCCNC1.Nc1nnc(-c2ccccc2O)cc1-n1cccn1. The van der Waals surface area contributed by atoms with Gasteiger partial charge in [0.1, 0.15) is 11.4 Å². The lowest BCUT2D eigenvalue weighted by Crippen LogP contribution is -2.38. The van der Waals surface area contributed by atoms with Crippen LogP contribution >= 0.6 is 0 Å². The molecule has 7 nitrogen and oxygen atoms in total. The van der Waals surface area contributed by atoms with Crippen molar-refractivity contribution in [2.75, 3.05) is 18.8 Å². The number of rotatable bonds is 2. The van der Waals surface area contributed by atoms with Gasteiger partial charge in [-0.3, -0.25) is 0 Å². The summed E-state index contributed by atoms with van der Waals surface area (Å²) in [5, 5.41) is 24.5. The molecule has 4 rings (SSSR count). The number of anilines is 1. The summed E-state index contributed by atoms with van der Waals surface area (Å²) in [6.07, 6.45) is 4.08. The molecular formula is C18H20F2N6O. The third kappa shape index (κ3) is 4.76. The lowest BCUT2D eigenvalue weighted by atomic mass is 10.1. The van der Waals surface area contributed by atoms with E-state index < -0.39 is 5.92 Å². The molecule has 142 valence electrons. The minimum Gasteiger partial charge on any atom is -0.507 e. The first-order chi connectivity index (χ1) is 13.0. The number of phenolic OH excluding ortho intramolecular Hbond substituents is 1. The Balaban J connectivity index is 0.000000221. The second-order valence-electron chi connectivity index (χ2n) is 6.10. The molecule has 0 aliphatic carbocycles. The van der Waals surface area contributed by atoms with Crippen LogP contribution in [-0.4, -0.2) is 44.1 Å². The second kappa shape index (κ2) is 8.09. The van der Waals surface area contributed by atoms with Crippen LogP contribution in [-0.2, 0) is 0 Å². The normalized spacial score (nSPS) is 15.6. The molecule has 0 saturated carbocycles. The Morgan fingerprint density at radius 3 is 2.59 bits per heavy atom. The Morgan fingerprint density at radius 1 is 1.19 bits per heavy atom. The van der Waals surface area contributed by atoms with Crippen LogP contribution in [0, 0.1) is 0 Å². The topological polar surface area (TPSA) is 102 Å². The maximum absolute atomic E-state index is 12.1. The average molecular weight is 374 g/mol. The zero-order valence-corrected chi connectivity index (χ0v) is 14.5. The number of aromatic nitrogens is 4. The zero-order valence-electron chi connectivity index (χ0n) is 14.5. The summed E-state index contributed by atoms with van der Waals surface area (Å²) in [4.78, 5) is 0. The zero-order chi connectivity index (χ0) is 19.3. The van der Waals surface area contributed by atoms with Crippen LogP contribution < -0.4 is 11.1 Å². The molecule has 1 aliphatic heterocycles. The monoisotopic (exact) mass is 374 g/mol. The number of piperidine rings is 1.